The molecule has 0 spiro atoms. The number of nitrogens with zero attached hydrogens (tertiary/aromatic N) is 1. The lowest BCUT2D eigenvalue weighted by Crippen LogP contribution is -2.44. The van der Waals surface area contributed by atoms with Gasteiger partial charge in [0.2, 0.25) is 5.91 Å². The van der Waals surface area contributed by atoms with Crippen molar-refractivity contribution >= 4 is 11.8 Å². The normalized spacial score (nSPS) is 19.4. The Hall–Kier alpha value is -1.84. The number of likely N-dealkylation sites (tertiary alicyclic amines) is 1. The number of hydrogen-bond acceptors (Lipinski definition) is 2. The Morgan fingerprint density at radius 3 is 2.67 bits per heavy atom. The molecule has 0 aliphatic carbocycles. The Bertz CT molecular complexity index is 431. The van der Waals surface area contributed by atoms with E-state index in [0.29, 0.717) is 12.1 Å². The molecule has 0 saturated carbocycles. The standard InChI is InChI=1S/C14H18N2O2/c1-15-13(17)12-8-5-9-16(10-12)14(18)11-6-3-2-4-7-11/h2-4,6-7,12H,5,8-10H2,1H3,(H,15,17)/t12-/m0/s1. The van der Waals surface area contributed by atoms with Gasteiger partial charge in [-0.1, -0.05) is 18.2 Å². The summed E-state index contributed by atoms with van der Waals surface area (Å²) >= 11 is 0. The van der Waals surface area contributed by atoms with Crippen molar-refractivity contribution in [2.75, 3.05) is 20.1 Å². The maximum atomic E-state index is 12.3. The summed E-state index contributed by atoms with van der Waals surface area (Å²) in [6, 6.07) is 9.22. The highest BCUT2D eigenvalue weighted by molar-refractivity contribution is 5.94. The minimum Gasteiger partial charge on any atom is -0.359 e. The molecule has 18 heavy (non-hydrogen) atoms. The predicted octanol–water partition coefficient (Wildman–Crippen LogP) is 1.28. The van der Waals surface area contributed by atoms with Crippen molar-refractivity contribution in [1.29, 1.82) is 0 Å². The fourth-order valence-electron chi connectivity index (χ4n) is 2.34. The van der Waals surface area contributed by atoms with E-state index in [-0.39, 0.29) is 17.7 Å². The van der Waals surface area contributed by atoms with Gasteiger partial charge in [-0.25, -0.2) is 0 Å². The Balaban J connectivity index is 2.05. The Morgan fingerprint density at radius 1 is 1.28 bits per heavy atom. The average Bonchev–Trinajstić information content (AvgIpc) is 2.46. The highest BCUT2D eigenvalue weighted by Gasteiger charge is 2.28. The molecule has 1 aliphatic heterocycles. The molecule has 0 unspecified atom stereocenters. The molecule has 4 nitrogen and oxygen atoms in total. The topological polar surface area (TPSA) is 49.4 Å². The lowest BCUT2D eigenvalue weighted by molar-refractivity contribution is -0.125. The van der Waals surface area contributed by atoms with Crippen molar-refractivity contribution in [2.24, 2.45) is 5.92 Å². The van der Waals surface area contributed by atoms with Crippen molar-refractivity contribution in [3.8, 4) is 0 Å². The van der Waals surface area contributed by atoms with Crippen LogP contribution in [0.2, 0.25) is 0 Å². The van der Waals surface area contributed by atoms with E-state index < -0.39 is 0 Å². The van der Waals surface area contributed by atoms with E-state index in [0.717, 1.165) is 19.4 Å². The molecule has 1 fully saturated rings. The lowest BCUT2D eigenvalue weighted by Gasteiger charge is -2.31. The maximum Gasteiger partial charge on any atom is 0.253 e. The van der Waals surface area contributed by atoms with Crippen molar-refractivity contribution in [1.82, 2.24) is 10.2 Å². The number of rotatable bonds is 2. The van der Waals surface area contributed by atoms with Crippen LogP contribution in [0, 0.1) is 5.92 Å². The second-order valence-electron chi connectivity index (χ2n) is 4.57. The molecule has 1 aliphatic rings. The molecule has 0 radical (unpaired) electrons. The molecule has 1 heterocycles. The van der Waals surface area contributed by atoms with Crippen molar-refractivity contribution in [2.45, 2.75) is 12.8 Å². The van der Waals surface area contributed by atoms with E-state index in [1.54, 1.807) is 11.9 Å². The molecule has 1 aromatic carbocycles. The molecule has 1 saturated heterocycles. The van der Waals surface area contributed by atoms with Crippen molar-refractivity contribution in [3.05, 3.63) is 35.9 Å². The first kappa shape index (κ1) is 12.6. The zero-order valence-corrected chi connectivity index (χ0v) is 10.6. The van der Waals surface area contributed by atoms with Crippen LogP contribution in [-0.2, 0) is 4.79 Å². The third-order valence-corrected chi connectivity index (χ3v) is 3.35. The molecule has 4 heteroatoms. The van der Waals surface area contributed by atoms with E-state index in [1.165, 1.54) is 0 Å². The summed E-state index contributed by atoms with van der Waals surface area (Å²) in [4.78, 5) is 25.6. The van der Waals surface area contributed by atoms with E-state index in [9.17, 15) is 9.59 Å². The van der Waals surface area contributed by atoms with Crippen LogP contribution in [0.15, 0.2) is 30.3 Å². The summed E-state index contributed by atoms with van der Waals surface area (Å²) in [5.41, 5.74) is 0.690. The van der Waals surface area contributed by atoms with Gasteiger partial charge < -0.3 is 10.2 Å². The van der Waals surface area contributed by atoms with Gasteiger partial charge in [0.1, 0.15) is 0 Å². The van der Waals surface area contributed by atoms with E-state index in [2.05, 4.69) is 5.32 Å². The molecule has 96 valence electrons. The van der Waals surface area contributed by atoms with Gasteiger partial charge in [0, 0.05) is 25.7 Å². The zero-order valence-electron chi connectivity index (χ0n) is 10.6. The highest BCUT2D eigenvalue weighted by Crippen LogP contribution is 2.18. The Labute approximate surface area is 107 Å². The maximum absolute atomic E-state index is 12.3. The summed E-state index contributed by atoms with van der Waals surface area (Å²) in [7, 11) is 1.64. The average molecular weight is 246 g/mol. The summed E-state index contributed by atoms with van der Waals surface area (Å²) in [6.07, 6.45) is 1.74. The number of carbonyl (C=O) groups is 2. The summed E-state index contributed by atoms with van der Waals surface area (Å²) in [6.45, 7) is 1.26. The van der Waals surface area contributed by atoms with E-state index in [1.807, 2.05) is 30.3 Å². The zero-order chi connectivity index (χ0) is 13.0. The van der Waals surface area contributed by atoms with Crippen LogP contribution in [0.25, 0.3) is 0 Å². The number of piperidine rings is 1. The Kier molecular flexibility index (Phi) is 3.97. The number of benzene rings is 1. The van der Waals surface area contributed by atoms with Gasteiger partial charge >= 0.3 is 0 Å². The number of hydrogen-bond donors (Lipinski definition) is 1. The minimum absolute atomic E-state index is 0.0178. The van der Waals surface area contributed by atoms with Gasteiger partial charge in [0.05, 0.1) is 5.92 Å². The molecule has 0 aromatic heterocycles. The molecule has 1 N–H and O–H groups in total. The first-order chi connectivity index (χ1) is 8.72. The van der Waals surface area contributed by atoms with Crippen LogP contribution in [0.4, 0.5) is 0 Å². The molecule has 2 rings (SSSR count). The Morgan fingerprint density at radius 2 is 2.00 bits per heavy atom. The molecular weight excluding hydrogens is 228 g/mol. The predicted molar refractivity (Wildman–Crippen MR) is 69.1 cm³/mol. The van der Waals surface area contributed by atoms with Gasteiger partial charge in [0.25, 0.3) is 5.91 Å². The largest absolute Gasteiger partial charge is 0.359 e. The van der Waals surface area contributed by atoms with Gasteiger partial charge in [-0.15, -0.1) is 0 Å². The summed E-state index contributed by atoms with van der Waals surface area (Å²) in [5, 5.41) is 2.66. The second-order valence-corrected chi connectivity index (χ2v) is 4.57. The van der Waals surface area contributed by atoms with Crippen molar-refractivity contribution < 1.29 is 9.59 Å². The molecular formula is C14H18N2O2. The van der Waals surface area contributed by atoms with Crippen LogP contribution in [-0.4, -0.2) is 36.9 Å². The quantitative estimate of drug-likeness (QED) is 0.854. The van der Waals surface area contributed by atoms with Crippen LogP contribution < -0.4 is 5.32 Å². The fraction of sp³-hybridized carbons (Fsp3) is 0.429. The first-order valence-electron chi connectivity index (χ1n) is 6.28. The van der Waals surface area contributed by atoms with Crippen LogP contribution in [0.5, 0.6) is 0 Å². The van der Waals surface area contributed by atoms with Gasteiger partial charge in [-0.2, -0.15) is 0 Å². The number of carbonyl (C=O) groups excluding carboxylic acids is 2. The lowest BCUT2D eigenvalue weighted by atomic mass is 9.96. The van der Waals surface area contributed by atoms with Gasteiger partial charge in [-0.05, 0) is 25.0 Å². The summed E-state index contributed by atoms with van der Waals surface area (Å²) in [5.74, 6) is -0.0267. The SMILES string of the molecule is CNC(=O)[C@H]1CCCN(C(=O)c2ccccc2)C1. The fourth-order valence-corrected chi connectivity index (χ4v) is 2.34. The van der Waals surface area contributed by atoms with Crippen LogP contribution in [0.1, 0.15) is 23.2 Å². The van der Waals surface area contributed by atoms with Crippen LogP contribution >= 0.6 is 0 Å². The van der Waals surface area contributed by atoms with Crippen molar-refractivity contribution in [3.63, 3.8) is 0 Å². The third kappa shape index (κ3) is 2.70. The first-order valence-corrected chi connectivity index (χ1v) is 6.28. The third-order valence-electron chi connectivity index (χ3n) is 3.35. The second kappa shape index (κ2) is 5.67. The molecule has 2 amide bonds. The van der Waals surface area contributed by atoms with E-state index in [4.69, 9.17) is 0 Å². The summed E-state index contributed by atoms with van der Waals surface area (Å²) < 4.78 is 0. The minimum atomic E-state index is -0.0728. The van der Waals surface area contributed by atoms with Gasteiger partial charge in [-0.3, -0.25) is 9.59 Å². The smallest absolute Gasteiger partial charge is 0.253 e. The number of amides is 2. The van der Waals surface area contributed by atoms with Gasteiger partial charge in [0.15, 0.2) is 0 Å². The molecule has 1 aromatic rings. The van der Waals surface area contributed by atoms with E-state index >= 15 is 0 Å². The monoisotopic (exact) mass is 246 g/mol. The number of nitrogens with one attached hydrogen (secondary N) is 1. The molecule has 0 bridgehead atoms. The highest BCUT2D eigenvalue weighted by atomic mass is 16.2. The molecule has 1 atom stereocenters. The van der Waals surface area contributed by atoms with Crippen LogP contribution in [0.3, 0.4) is 0 Å².